The fraction of sp³-hybridized carbons (Fsp3) is 0.300. The van der Waals surface area contributed by atoms with Gasteiger partial charge in [-0.3, -0.25) is 4.79 Å². The lowest BCUT2D eigenvalue weighted by Gasteiger charge is -2.33. The van der Waals surface area contributed by atoms with Gasteiger partial charge in [0, 0.05) is 5.56 Å². The van der Waals surface area contributed by atoms with Gasteiger partial charge in [-0.15, -0.1) is 0 Å². The van der Waals surface area contributed by atoms with E-state index in [-0.39, 0.29) is 23.0 Å². The highest BCUT2D eigenvalue weighted by molar-refractivity contribution is 5.88. The zero-order valence-electron chi connectivity index (χ0n) is 20.2. The van der Waals surface area contributed by atoms with E-state index in [1.165, 1.54) is 23.5 Å². The van der Waals surface area contributed by atoms with Crippen molar-refractivity contribution >= 4 is 11.0 Å². The third-order valence-corrected chi connectivity index (χ3v) is 7.29. The second-order valence-electron chi connectivity index (χ2n) is 9.46. The van der Waals surface area contributed by atoms with Gasteiger partial charge in [-0.1, -0.05) is 49.4 Å². The Labute approximate surface area is 204 Å². The van der Waals surface area contributed by atoms with Crippen LogP contribution in [0.1, 0.15) is 54.7 Å². The average Bonchev–Trinajstić information content (AvgIpc) is 2.88. The molecule has 0 amide bonds. The van der Waals surface area contributed by atoms with E-state index in [4.69, 9.17) is 4.42 Å². The van der Waals surface area contributed by atoms with Crippen LogP contribution in [0.5, 0.6) is 5.75 Å². The van der Waals surface area contributed by atoms with Crippen molar-refractivity contribution in [1.82, 2.24) is 0 Å². The fourth-order valence-electron chi connectivity index (χ4n) is 5.55. The molecule has 1 aromatic heterocycles. The Morgan fingerprint density at radius 2 is 1.71 bits per heavy atom. The number of quaternary nitrogens is 1. The molecule has 0 aliphatic carbocycles. The molecule has 5 rings (SSSR count). The Bertz CT molecular complexity index is 1400. The summed E-state index contributed by atoms with van der Waals surface area (Å²) in [5.41, 5.74) is 3.84. The monoisotopic (exact) mass is 472 g/mol. The number of halogens is 1. The van der Waals surface area contributed by atoms with E-state index in [0.717, 1.165) is 37.1 Å². The number of piperidine rings is 1. The van der Waals surface area contributed by atoms with Crippen LogP contribution < -0.4 is 10.3 Å². The van der Waals surface area contributed by atoms with Crippen LogP contribution in [-0.4, -0.2) is 18.2 Å². The van der Waals surface area contributed by atoms with E-state index in [9.17, 15) is 14.3 Å². The average molecular weight is 473 g/mol. The van der Waals surface area contributed by atoms with Crippen molar-refractivity contribution in [2.45, 2.75) is 45.6 Å². The van der Waals surface area contributed by atoms with Crippen LogP contribution in [0.2, 0.25) is 0 Å². The molecule has 4 nitrogen and oxygen atoms in total. The van der Waals surface area contributed by atoms with Gasteiger partial charge in [0.2, 0.25) is 5.43 Å². The second kappa shape index (κ2) is 9.67. The third-order valence-electron chi connectivity index (χ3n) is 7.29. The summed E-state index contributed by atoms with van der Waals surface area (Å²) in [6.07, 6.45) is 4.05. The number of phenolic OH excluding ortho intramolecular Hbond substituents is 1. The highest BCUT2D eigenvalue weighted by Crippen LogP contribution is 2.38. The van der Waals surface area contributed by atoms with Crippen LogP contribution >= 0.6 is 0 Å². The topological polar surface area (TPSA) is 54.9 Å². The first-order valence-corrected chi connectivity index (χ1v) is 12.5. The van der Waals surface area contributed by atoms with Crippen LogP contribution in [-0.2, 0) is 6.42 Å². The van der Waals surface area contributed by atoms with Crippen molar-refractivity contribution in [3.8, 4) is 16.9 Å². The van der Waals surface area contributed by atoms with Crippen molar-refractivity contribution in [1.29, 1.82) is 0 Å². The van der Waals surface area contributed by atoms with Crippen molar-refractivity contribution in [2.75, 3.05) is 13.1 Å². The van der Waals surface area contributed by atoms with Gasteiger partial charge in [-0.2, -0.15) is 0 Å². The first kappa shape index (κ1) is 23.3. The minimum Gasteiger partial charge on any atom is -0.507 e. The number of fused-ring (bicyclic) bond motifs is 1. The van der Waals surface area contributed by atoms with Crippen LogP contribution in [0.3, 0.4) is 0 Å². The Balaban J connectivity index is 1.82. The minimum atomic E-state index is -0.354. The molecule has 0 unspecified atom stereocenters. The minimum absolute atomic E-state index is 0.148. The molecule has 3 aromatic carbocycles. The van der Waals surface area contributed by atoms with Gasteiger partial charge in [-0.25, -0.2) is 4.39 Å². The lowest BCUT2D eigenvalue weighted by molar-refractivity contribution is -0.930. The SMILES string of the molecule is CCc1cc2c(=O)c(-c3ccc(F)cc3)c(C)oc2c([C@H](c2ccccc2)[NH+]2CCCCC2)c1O. The molecule has 0 radical (unpaired) electrons. The van der Waals surface area contributed by atoms with E-state index in [0.29, 0.717) is 39.8 Å². The second-order valence-corrected chi connectivity index (χ2v) is 9.46. The summed E-state index contributed by atoms with van der Waals surface area (Å²) >= 11 is 0. The molecule has 1 saturated heterocycles. The largest absolute Gasteiger partial charge is 0.507 e. The number of aryl methyl sites for hydroxylation is 2. The number of benzene rings is 3. The molecule has 0 bridgehead atoms. The summed E-state index contributed by atoms with van der Waals surface area (Å²) in [6.45, 7) is 5.73. The van der Waals surface area contributed by atoms with Crippen molar-refractivity contribution in [3.05, 3.63) is 99.2 Å². The van der Waals surface area contributed by atoms with Gasteiger partial charge in [-0.05, 0) is 61.9 Å². The summed E-state index contributed by atoms with van der Waals surface area (Å²) in [7, 11) is 0. The van der Waals surface area contributed by atoms with Crippen LogP contribution in [0.25, 0.3) is 22.1 Å². The molecule has 1 aliphatic heterocycles. The molecule has 4 aromatic rings. The molecule has 180 valence electrons. The highest BCUT2D eigenvalue weighted by Gasteiger charge is 2.34. The van der Waals surface area contributed by atoms with Gasteiger partial charge in [0.25, 0.3) is 0 Å². The zero-order valence-corrected chi connectivity index (χ0v) is 20.2. The summed E-state index contributed by atoms with van der Waals surface area (Å²) in [4.78, 5) is 15.2. The van der Waals surface area contributed by atoms with E-state index < -0.39 is 0 Å². The van der Waals surface area contributed by atoms with Gasteiger partial charge >= 0.3 is 0 Å². The Hall–Kier alpha value is -3.44. The van der Waals surface area contributed by atoms with Crippen LogP contribution in [0.4, 0.5) is 4.39 Å². The molecule has 0 saturated carbocycles. The number of aromatic hydroxyl groups is 1. The van der Waals surface area contributed by atoms with E-state index >= 15 is 0 Å². The van der Waals surface area contributed by atoms with Gasteiger partial charge in [0.1, 0.15) is 23.4 Å². The fourth-order valence-corrected chi connectivity index (χ4v) is 5.55. The Kier molecular flexibility index (Phi) is 6.44. The van der Waals surface area contributed by atoms with Gasteiger partial charge in [0.15, 0.2) is 5.58 Å². The van der Waals surface area contributed by atoms with Crippen LogP contribution in [0, 0.1) is 12.7 Å². The molecule has 1 atom stereocenters. The van der Waals surface area contributed by atoms with Gasteiger partial charge in [0.05, 0.1) is 29.6 Å². The predicted octanol–water partition coefficient (Wildman–Crippen LogP) is 5.33. The molecule has 0 spiro atoms. The van der Waals surface area contributed by atoms with Crippen LogP contribution in [0.15, 0.2) is 69.9 Å². The maximum Gasteiger partial charge on any atom is 0.200 e. The number of nitrogens with one attached hydrogen (secondary N) is 1. The lowest BCUT2D eigenvalue weighted by atomic mass is 9.89. The molecule has 5 heteroatoms. The zero-order chi connectivity index (χ0) is 24.5. The van der Waals surface area contributed by atoms with E-state index in [1.54, 1.807) is 25.1 Å². The molecule has 2 heterocycles. The first-order chi connectivity index (χ1) is 17.0. The van der Waals surface area contributed by atoms with E-state index in [1.807, 2.05) is 25.1 Å². The van der Waals surface area contributed by atoms with Crippen molar-refractivity contribution in [3.63, 3.8) is 0 Å². The molecule has 35 heavy (non-hydrogen) atoms. The standard InChI is InChI=1S/C30H30FNO3/c1-3-20-18-24-29(34)25(21-12-14-23(31)15-13-21)19(2)35-30(24)26(28(20)33)27(22-10-6-4-7-11-22)32-16-8-5-9-17-32/h4,6-7,10-15,18,27,33H,3,5,8-9,16-17H2,1-2H3/p+1/t27-/m0/s1. The van der Waals surface area contributed by atoms with Crippen molar-refractivity contribution < 1.29 is 18.8 Å². The smallest absolute Gasteiger partial charge is 0.200 e. The first-order valence-electron chi connectivity index (χ1n) is 12.5. The Morgan fingerprint density at radius 1 is 1.03 bits per heavy atom. The maximum absolute atomic E-state index is 13.9. The van der Waals surface area contributed by atoms with Crippen molar-refractivity contribution in [2.24, 2.45) is 0 Å². The van der Waals surface area contributed by atoms with Gasteiger partial charge < -0.3 is 14.4 Å². The number of hydrogen-bond donors (Lipinski definition) is 2. The van der Waals surface area contributed by atoms with E-state index in [2.05, 4.69) is 12.1 Å². The quantitative estimate of drug-likeness (QED) is 0.413. The summed E-state index contributed by atoms with van der Waals surface area (Å²) in [5.74, 6) is 0.315. The molecular formula is C30H31FNO3+. The molecular weight excluding hydrogens is 441 g/mol. The molecule has 1 fully saturated rings. The normalized spacial score (nSPS) is 15.4. The molecule has 1 aliphatic rings. The number of phenols is 1. The lowest BCUT2D eigenvalue weighted by Crippen LogP contribution is -3.13. The Morgan fingerprint density at radius 3 is 2.37 bits per heavy atom. The maximum atomic E-state index is 13.9. The third kappa shape index (κ3) is 4.25. The molecule has 2 N–H and O–H groups in total. The number of likely N-dealkylation sites (tertiary alicyclic amines) is 1. The number of hydrogen-bond acceptors (Lipinski definition) is 3. The highest BCUT2D eigenvalue weighted by atomic mass is 19.1. The number of rotatable bonds is 5. The summed E-state index contributed by atoms with van der Waals surface area (Å²) < 4.78 is 19.9. The summed E-state index contributed by atoms with van der Waals surface area (Å²) in [5, 5.41) is 12.0. The predicted molar refractivity (Wildman–Crippen MR) is 136 cm³/mol. The summed E-state index contributed by atoms with van der Waals surface area (Å²) in [6, 6.07) is 17.7.